The van der Waals surface area contributed by atoms with Crippen LogP contribution in [0.3, 0.4) is 0 Å². The van der Waals surface area contributed by atoms with Gasteiger partial charge in [-0.25, -0.2) is 0 Å². The normalized spacial score (nSPS) is 18.8. The number of nitrogens with one attached hydrogen (secondary N) is 1. The largest absolute Gasteiger partial charge is 0.378 e. The number of hydrogen-bond donors (Lipinski definition) is 1. The molecule has 4 rings (SSSR count). The first-order valence-corrected chi connectivity index (χ1v) is 10.3. The number of carbonyl (C=O) groups is 1. The van der Waals surface area contributed by atoms with Crippen LogP contribution >= 0.6 is 0 Å². The Hall–Kier alpha value is -2.37. The number of rotatable bonds is 5. The van der Waals surface area contributed by atoms with E-state index in [-0.39, 0.29) is 5.91 Å². The van der Waals surface area contributed by atoms with E-state index in [9.17, 15) is 4.79 Å². The molecule has 2 fully saturated rings. The average Bonchev–Trinajstić information content (AvgIpc) is 2.76. The van der Waals surface area contributed by atoms with E-state index >= 15 is 0 Å². The van der Waals surface area contributed by atoms with Gasteiger partial charge in [0.05, 0.1) is 19.8 Å². The molecule has 148 valence electrons. The Bertz CT molecular complexity index is 749. The zero-order valence-corrected chi connectivity index (χ0v) is 16.3. The molecule has 5 nitrogen and oxygen atoms in total. The Labute approximate surface area is 167 Å². The summed E-state index contributed by atoms with van der Waals surface area (Å²) in [6, 6.07) is 18.9. The van der Waals surface area contributed by atoms with Gasteiger partial charge in [0, 0.05) is 24.5 Å². The van der Waals surface area contributed by atoms with Crippen LogP contribution in [0.25, 0.3) is 0 Å². The lowest BCUT2D eigenvalue weighted by molar-refractivity contribution is -0.117. The van der Waals surface area contributed by atoms with E-state index in [4.69, 9.17) is 4.74 Å². The number of carbonyl (C=O) groups excluding carboxylic acids is 1. The lowest BCUT2D eigenvalue weighted by atomic mass is 9.89. The maximum absolute atomic E-state index is 12.4. The third-order valence-corrected chi connectivity index (χ3v) is 5.75. The monoisotopic (exact) mass is 379 g/mol. The zero-order valence-electron chi connectivity index (χ0n) is 16.3. The number of morpholine rings is 1. The second-order valence-corrected chi connectivity index (χ2v) is 7.66. The first kappa shape index (κ1) is 19.0. The van der Waals surface area contributed by atoms with Gasteiger partial charge in [0.15, 0.2) is 0 Å². The molecule has 2 heterocycles. The number of amides is 1. The maximum atomic E-state index is 12.4. The number of likely N-dealkylation sites (tertiary alicyclic amines) is 1. The molecule has 0 atom stereocenters. The van der Waals surface area contributed by atoms with E-state index in [1.165, 1.54) is 11.3 Å². The van der Waals surface area contributed by atoms with Crippen LogP contribution in [0.1, 0.15) is 24.3 Å². The molecular formula is C23H29N3O2. The first-order valence-electron chi connectivity index (χ1n) is 10.3. The van der Waals surface area contributed by atoms with E-state index in [1.54, 1.807) is 0 Å². The fourth-order valence-corrected chi connectivity index (χ4v) is 4.13. The van der Waals surface area contributed by atoms with Gasteiger partial charge in [-0.3, -0.25) is 9.69 Å². The van der Waals surface area contributed by atoms with Crippen molar-refractivity contribution in [3.8, 4) is 0 Å². The number of piperidine rings is 1. The van der Waals surface area contributed by atoms with Crippen LogP contribution in [0.15, 0.2) is 54.6 Å². The Balaban J connectivity index is 1.23. The van der Waals surface area contributed by atoms with Crippen molar-refractivity contribution in [2.24, 2.45) is 0 Å². The molecule has 0 bridgehead atoms. The van der Waals surface area contributed by atoms with Crippen molar-refractivity contribution >= 4 is 17.3 Å². The third-order valence-electron chi connectivity index (χ3n) is 5.75. The number of nitrogens with zero attached hydrogens (tertiary/aromatic N) is 2. The second kappa shape index (κ2) is 9.22. The summed E-state index contributed by atoms with van der Waals surface area (Å²) in [5, 5.41) is 3.04. The SMILES string of the molecule is O=C(CN1CCC(c2ccccc2)CC1)Nc1ccc(N2CCOCC2)cc1. The summed E-state index contributed by atoms with van der Waals surface area (Å²) in [6.45, 7) is 5.81. The van der Waals surface area contributed by atoms with E-state index in [0.29, 0.717) is 12.5 Å². The molecule has 2 aliphatic rings. The predicted molar refractivity (Wildman–Crippen MR) is 113 cm³/mol. The van der Waals surface area contributed by atoms with Gasteiger partial charge in [-0.05, 0) is 61.7 Å². The summed E-state index contributed by atoms with van der Waals surface area (Å²) in [7, 11) is 0. The number of ether oxygens (including phenoxy) is 1. The Morgan fingerprint density at radius 1 is 0.929 bits per heavy atom. The van der Waals surface area contributed by atoms with Gasteiger partial charge in [-0.1, -0.05) is 30.3 Å². The van der Waals surface area contributed by atoms with Gasteiger partial charge >= 0.3 is 0 Å². The van der Waals surface area contributed by atoms with Crippen molar-refractivity contribution in [3.63, 3.8) is 0 Å². The minimum absolute atomic E-state index is 0.0669. The van der Waals surface area contributed by atoms with Gasteiger partial charge in [0.2, 0.25) is 5.91 Å². The highest BCUT2D eigenvalue weighted by Gasteiger charge is 2.22. The van der Waals surface area contributed by atoms with Gasteiger partial charge in [-0.15, -0.1) is 0 Å². The topological polar surface area (TPSA) is 44.8 Å². The summed E-state index contributed by atoms with van der Waals surface area (Å²) in [5.41, 5.74) is 3.47. The number of anilines is 2. The Kier molecular flexibility index (Phi) is 6.24. The third kappa shape index (κ3) is 4.91. The van der Waals surface area contributed by atoms with E-state index in [2.05, 4.69) is 57.6 Å². The van der Waals surface area contributed by atoms with Crippen molar-refractivity contribution < 1.29 is 9.53 Å². The van der Waals surface area contributed by atoms with Crippen molar-refractivity contribution in [1.82, 2.24) is 4.90 Å². The highest BCUT2D eigenvalue weighted by Crippen LogP contribution is 2.27. The van der Waals surface area contributed by atoms with Crippen LogP contribution in [0.2, 0.25) is 0 Å². The molecule has 0 aliphatic carbocycles. The quantitative estimate of drug-likeness (QED) is 0.865. The predicted octanol–water partition coefficient (Wildman–Crippen LogP) is 3.34. The molecule has 0 saturated carbocycles. The molecule has 0 radical (unpaired) electrons. The molecule has 0 aromatic heterocycles. The van der Waals surface area contributed by atoms with Crippen LogP contribution in [0.4, 0.5) is 11.4 Å². The average molecular weight is 380 g/mol. The van der Waals surface area contributed by atoms with Crippen LogP contribution in [-0.2, 0) is 9.53 Å². The highest BCUT2D eigenvalue weighted by molar-refractivity contribution is 5.92. The molecule has 2 aliphatic heterocycles. The van der Waals surface area contributed by atoms with Gasteiger partial charge in [0.25, 0.3) is 0 Å². The van der Waals surface area contributed by atoms with E-state index in [0.717, 1.165) is 57.9 Å². The van der Waals surface area contributed by atoms with Crippen molar-refractivity contribution in [1.29, 1.82) is 0 Å². The standard InChI is InChI=1S/C23H29N3O2/c27-23(18-25-12-10-20(11-13-25)19-4-2-1-3-5-19)24-21-6-8-22(9-7-21)26-14-16-28-17-15-26/h1-9,20H,10-18H2,(H,24,27). The summed E-state index contributed by atoms with van der Waals surface area (Å²) in [6.07, 6.45) is 2.23. The van der Waals surface area contributed by atoms with Crippen molar-refractivity contribution in [2.75, 3.05) is 56.2 Å². The Morgan fingerprint density at radius 2 is 1.61 bits per heavy atom. The second-order valence-electron chi connectivity index (χ2n) is 7.66. The van der Waals surface area contributed by atoms with Crippen molar-refractivity contribution in [3.05, 3.63) is 60.2 Å². The molecule has 28 heavy (non-hydrogen) atoms. The fourth-order valence-electron chi connectivity index (χ4n) is 4.13. The summed E-state index contributed by atoms with van der Waals surface area (Å²) >= 11 is 0. The summed E-state index contributed by atoms with van der Waals surface area (Å²) in [4.78, 5) is 17.0. The van der Waals surface area contributed by atoms with Crippen LogP contribution in [0.5, 0.6) is 0 Å². The number of benzene rings is 2. The summed E-state index contributed by atoms with van der Waals surface area (Å²) in [5.74, 6) is 0.686. The lowest BCUT2D eigenvalue weighted by Gasteiger charge is -2.31. The minimum Gasteiger partial charge on any atom is -0.378 e. The van der Waals surface area contributed by atoms with Gasteiger partial charge in [-0.2, -0.15) is 0 Å². The van der Waals surface area contributed by atoms with E-state index in [1.807, 2.05) is 12.1 Å². The minimum atomic E-state index is 0.0669. The highest BCUT2D eigenvalue weighted by atomic mass is 16.5. The molecule has 2 aromatic rings. The van der Waals surface area contributed by atoms with Gasteiger partial charge < -0.3 is 15.0 Å². The first-order chi connectivity index (χ1) is 13.8. The smallest absolute Gasteiger partial charge is 0.238 e. The molecule has 0 unspecified atom stereocenters. The fraction of sp³-hybridized carbons (Fsp3) is 0.435. The molecule has 1 amide bonds. The van der Waals surface area contributed by atoms with E-state index < -0.39 is 0 Å². The zero-order chi connectivity index (χ0) is 19.2. The molecule has 0 spiro atoms. The molecule has 1 N–H and O–H groups in total. The van der Waals surface area contributed by atoms with Gasteiger partial charge in [0.1, 0.15) is 0 Å². The van der Waals surface area contributed by atoms with Crippen LogP contribution in [0, 0.1) is 0 Å². The molecule has 2 saturated heterocycles. The van der Waals surface area contributed by atoms with Crippen LogP contribution in [-0.4, -0.2) is 56.7 Å². The number of hydrogen-bond acceptors (Lipinski definition) is 4. The van der Waals surface area contributed by atoms with Crippen molar-refractivity contribution in [2.45, 2.75) is 18.8 Å². The molecule has 5 heteroatoms. The molecular weight excluding hydrogens is 350 g/mol. The molecule has 2 aromatic carbocycles. The summed E-state index contributed by atoms with van der Waals surface area (Å²) < 4.78 is 5.40. The lowest BCUT2D eigenvalue weighted by Crippen LogP contribution is -2.38. The maximum Gasteiger partial charge on any atom is 0.238 e. The Morgan fingerprint density at radius 3 is 2.29 bits per heavy atom. The van der Waals surface area contributed by atoms with Crippen LogP contribution < -0.4 is 10.2 Å².